The highest BCUT2D eigenvalue weighted by molar-refractivity contribution is 5.68. The van der Waals surface area contributed by atoms with Crippen molar-refractivity contribution in [3.63, 3.8) is 0 Å². The van der Waals surface area contributed by atoms with Gasteiger partial charge in [0, 0.05) is 5.69 Å². The van der Waals surface area contributed by atoms with Gasteiger partial charge in [0.05, 0.1) is 6.04 Å². The number of carbonyl (C=O) groups is 1. The number of rotatable bonds is 2. The third kappa shape index (κ3) is 4.76. The highest BCUT2D eigenvalue weighted by Crippen LogP contribution is 2.15. The molecular formula is C13H20N2O2. The maximum Gasteiger partial charge on any atom is 0.408 e. The van der Waals surface area contributed by atoms with Crippen molar-refractivity contribution < 1.29 is 9.53 Å². The molecule has 0 heterocycles. The van der Waals surface area contributed by atoms with E-state index < -0.39 is 11.7 Å². The molecular weight excluding hydrogens is 216 g/mol. The van der Waals surface area contributed by atoms with E-state index in [4.69, 9.17) is 10.5 Å². The van der Waals surface area contributed by atoms with E-state index in [1.165, 1.54) is 0 Å². The van der Waals surface area contributed by atoms with Crippen LogP contribution >= 0.6 is 0 Å². The summed E-state index contributed by atoms with van der Waals surface area (Å²) in [5, 5.41) is 2.77. The van der Waals surface area contributed by atoms with Crippen LogP contribution in [0.3, 0.4) is 0 Å². The molecule has 1 atom stereocenters. The van der Waals surface area contributed by atoms with Crippen LogP contribution in [0.15, 0.2) is 24.3 Å². The Balaban J connectivity index is 2.57. The van der Waals surface area contributed by atoms with Crippen LogP contribution in [0.25, 0.3) is 0 Å². The maximum atomic E-state index is 11.6. The molecule has 0 aliphatic carbocycles. The molecule has 0 aromatic heterocycles. The summed E-state index contributed by atoms with van der Waals surface area (Å²) in [6, 6.07) is 7.28. The van der Waals surface area contributed by atoms with Gasteiger partial charge in [-0.25, -0.2) is 4.79 Å². The number of nitrogen functional groups attached to an aromatic ring is 1. The Bertz CT molecular complexity index is 379. The summed E-state index contributed by atoms with van der Waals surface area (Å²) < 4.78 is 5.18. The van der Waals surface area contributed by atoms with Gasteiger partial charge in [-0.2, -0.15) is 0 Å². The lowest BCUT2D eigenvalue weighted by molar-refractivity contribution is 0.0508. The molecule has 1 amide bonds. The number of anilines is 1. The molecule has 0 aliphatic rings. The first kappa shape index (κ1) is 13.4. The molecule has 0 fully saturated rings. The second-order valence-electron chi connectivity index (χ2n) is 5.03. The number of carbonyl (C=O) groups excluding carboxylic acids is 1. The SMILES string of the molecule is C[C@@H](NC(=O)OC(C)(C)C)c1ccc(N)cc1. The Morgan fingerprint density at radius 1 is 1.29 bits per heavy atom. The summed E-state index contributed by atoms with van der Waals surface area (Å²) in [6.07, 6.45) is -0.415. The molecule has 1 aromatic rings. The molecule has 17 heavy (non-hydrogen) atoms. The highest BCUT2D eigenvalue weighted by atomic mass is 16.6. The van der Waals surface area contributed by atoms with E-state index in [-0.39, 0.29) is 6.04 Å². The Kier molecular flexibility index (Phi) is 3.99. The number of hydrogen-bond donors (Lipinski definition) is 2. The molecule has 1 aromatic carbocycles. The van der Waals surface area contributed by atoms with Crippen LogP contribution in [0.1, 0.15) is 39.3 Å². The molecule has 0 aliphatic heterocycles. The third-order valence-corrected chi connectivity index (χ3v) is 2.17. The fourth-order valence-corrected chi connectivity index (χ4v) is 1.35. The summed E-state index contributed by atoms with van der Waals surface area (Å²) in [5.41, 5.74) is 6.82. The first-order valence-electron chi connectivity index (χ1n) is 5.63. The van der Waals surface area contributed by atoms with Crippen LogP contribution < -0.4 is 11.1 Å². The van der Waals surface area contributed by atoms with Crippen LogP contribution in [-0.4, -0.2) is 11.7 Å². The molecule has 0 spiro atoms. The summed E-state index contributed by atoms with van der Waals surface area (Å²) >= 11 is 0. The molecule has 0 unspecified atom stereocenters. The minimum absolute atomic E-state index is 0.106. The Morgan fingerprint density at radius 2 is 1.82 bits per heavy atom. The lowest BCUT2D eigenvalue weighted by Gasteiger charge is -2.22. The van der Waals surface area contributed by atoms with E-state index in [0.717, 1.165) is 5.56 Å². The fourth-order valence-electron chi connectivity index (χ4n) is 1.35. The van der Waals surface area contributed by atoms with Gasteiger partial charge in [-0.05, 0) is 45.4 Å². The average Bonchev–Trinajstić information content (AvgIpc) is 2.15. The van der Waals surface area contributed by atoms with E-state index in [2.05, 4.69) is 5.32 Å². The van der Waals surface area contributed by atoms with Crippen LogP contribution in [0.2, 0.25) is 0 Å². The topological polar surface area (TPSA) is 64.3 Å². The van der Waals surface area contributed by atoms with Gasteiger partial charge in [0.25, 0.3) is 0 Å². The molecule has 0 saturated heterocycles. The fraction of sp³-hybridized carbons (Fsp3) is 0.462. The van der Waals surface area contributed by atoms with Crippen molar-refractivity contribution >= 4 is 11.8 Å². The van der Waals surface area contributed by atoms with E-state index in [0.29, 0.717) is 5.69 Å². The van der Waals surface area contributed by atoms with Crippen LogP contribution in [0, 0.1) is 0 Å². The third-order valence-electron chi connectivity index (χ3n) is 2.17. The van der Waals surface area contributed by atoms with Gasteiger partial charge in [0.15, 0.2) is 0 Å². The van der Waals surface area contributed by atoms with Crippen molar-refractivity contribution in [1.82, 2.24) is 5.32 Å². The van der Waals surface area contributed by atoms with Crippen molar-refractivity contribution in [2.45, 2.75) is 39.3 Å². The number of nitrogens with one attached hydrogen (secondary N) is 1. The van der Waals surface area contributed by atoms with Crippen molar-refractivity contribution in [3.8, 4) is 0 Å². The predicted molar refractivity (Wildman–Crippen MR) is 68.6 cm³/mol. The van der Waals surface area contributed by atoms with Gasteiger partial charge in [0.2, 0.25) is 0 Å². The normalized spacial score (nSPS) is 12.9. The predicted octanol–water partition coefficient (Wildman–Crippen LogP) is 2.85. The number of alkyl carbamates (subject to hydrolysis) is 1. The zero-order valence-corrected chi connectivity index (χ0v) is 10.8. The minimum Gasteiger partial charge on any atom is -0.444 e. The van der Waals surface area contributed by atoms with Gasteiger partial charge < -0.3 is 15.8 Å². The largest absolute Gasteiger partial charge is 0.444 e. The molecule has 94 valence electrons. The van der Waals surface area contributed by atoms with Crippen LogP contribution in [0.4, 0.5) is 10.5 Å². The van der Waals surface area contributed by atoms with Gasteiger partial charge >= 0.3 is 6.09 Å². The molecule has 0 radical (unpaired) electrons. The second kappa shape index (κ2) is 5.08. The van der Waals surface area contributed by atoms with E-state index in [9.17, 15) is 4.79 Å². The smallest absolute Gasteiger partial charge is 0.408 e. The van der Waals surface area contributed by atoms with Gasteiger partial charge in [-0.3, -0.25) is 0 Å². The van der Waals surface area contributed by atoms with Crippen LogP contribution in [-0.2, 0) is 4.74 Å². The monoisotopic (exact) mass is 236 g/mol. The average molecular weight is 236 g/mol. The molecule has 3 N–H and O–H groups in total. The van der Waals surface area contributed by atoms with E-state index >= 15 is 0 Å². The number of nitrogens with two attached hydrogens (primary N) is 1. The van der Waals surface area contributed by atoms with Crippen molar-refractivity contribution in [2.24, 2.45) is 0 Å². The first-order chi connectivity index (χ1) is 7.78. The zero-order valence-electron chi connectivity index (χ0n) is 10.8. The molecule has 0 saturated carbocycles. The van der Waals surface area contributed by atoms with Crippen LogP contribution in [0.5, 0.6) is 0 Å². The number of ether oxygens (including phenoxy) is 1. The van der Waals surface area contributed by atoms with Crippen molar-refractivity contribution in [3.05, 3.63) is 29.8 Å². The van der Waals surface area contributed by atoms with Gasteiger partial charge in [-0.1, -0.05) is 12.1 Å². The standard InChI is InChI=1S/C13H20N2O2/c1-9(10-5-7-11(14)8-6-10)15-12(16)17-13(2,3)4/h5-9H,14H2,1-4H3,(H,15,16)/t9-/m1/s1. The Morgan fingerprint density at radius 3 is 2.29 bits per heavy atom. The maximum absolute atomic E-state index is 11.6. The second-order valence-corrected chi connectivity index (χ2v) is 5.03. The number of amides is 1. The Labute approximate surface area is 102 Å². The first-order valence-corrected chi connectivity index (χ1v) is 5.63. The summed E-state index contributed by atoms with van der Waals surface area (Å²) in [5.74, 6) is 0. The molecule has 4 heteroatoms. The molecule has 1 rings (SSSR count). The number of hydrogen-bond acceptors (Lipinski definition) is 3. The minimum atomic E-state index is -0.481. The van der Waals surface area contributed by atoms with E-state index in [1.807, 2.05) is 52.0 Å². The molecule has 0 bridgehead atoms. The summed E-state index contributed by atoms with van der Waals surface area (Å²) in [4.78, 5) is 11.6. The zero-order chi connectivity index (χ0) is 13.1. The quantitative estimate of drug-likeness (QED) is 0.776. The van der Waals surface area contributed by atoms with Crippen molar-refractivity contribution in [2.75, 3.05) is 5.73 Å². The van der Waals surface area contributed by atoms with Gasteiger partial charge in [-0.15, -0.1) is 0 Å². The lowest BCUT2D eigenvalue weighted by Crippen LogP contribution is -2.34. The summed E-state index contributed by atoms with van der Waals surface area (Å²) in [7, 11) is 0. The van der Waals surface area contributed by atoms with Crippen molar-refractivity contribution in [1.29, 1.82) is 0 Å². The number of benzene rings is 1. The van der Waals surface area contributed by atoms with E-state index in [1.54, 1.807) is 0 Å². The van der Waals surface area contributed by atoms with Gasteiger partial charge in [0.1, 0.15) is 5.60 Å². The summed E-state index contributed by atoms with van der Waals surface area (Å²) in [6.45, 7) is 7.40. The Hall–Kier alpha value is -1.71. The highest BCUT2D eigenvalue weighted by Gasteiger charge is 2.18. The lowest BCUT2D eigenvalue weighted by atomic mass is 10.1. The molecule has 4 nitrogen and oxygen atoms in total.